The number of nitrogens with zero attached hydrogens (tertiary/aromatic N) is 2. The van der Waals surface area contributed by atoms with Crippen LogP contribution in [0.15, 0.2) is 16.5 Å². The van der Waals surface area contributed by atoms with Crippen LogP contribution in [0.1, 0.15) is 24.0 Å². The van der Waals surface area contributed by atoms with Gasteiger partial charge in [0.25, 0.3) is 0 Å². The number of carbonyl (C=O) groups is 2. The van der Waals surface area contributed by atoms with Crippen molar-refractivity contribution < 1.29 is 19.1 Å². The highest BCUT2D eigenvalue weighted by atomic mass is 16.4. The predicted molar refractivity (Wildman–Crippen MR) is 65.6 cm³/mol. The SMILES string of the molecule is Cc1ccc(C2CN(C3CC3C(=O)O)C(=O)N2C)o1. The van der Waals surface area contributed by atoms with E-state index in [9.17, 15) is 9.59 Å². The van der Waals surface area contributed by atoms with E-state index in [-0.39, 0.29) is 18.1 Å². The van der Waals surface area contributed by atoms with Crippen molar-refractivity contribution in [2.75, 3.05) is 13.6 Å². The van der Waals surface area contributed by atoms with Crippen molar-refractivity contribution in [1.29, 1.82) is 0 Å². The monoisotopic (exact) mass is 264 g/mol. The average Bonchev–Trinajstić information content (AvgIpc) is 2.96. The van der Waals surface area contributed by atoms with Crippen LogP contribution < -0.4 is 0 Å². The first-order valence-electron chi connectivity index (χ1n) is 6.31. The maximum atomic E-state index is 12.2. The zero-order chi connectivity index (χ0) is 13.7. The number of carboxylic acid groups (broad SMARTS) is 1. The number of urea groups is 1. The minimum absolute atomic E-state index is 0.118. The topological polar surface area (TPSA) is 74.0 Å². The Hall–Kier alpha value is -1.98. The second-order valence-corrected chi connectivity index (χ2v) is 5.26. The molecule has 3 rings (SSSR count). The highest BCUT2D eigenvalue weighted by Crippen LogP contribution is 2.41. The van der Waals surface area contributed by atoms with Gasteiger partial charge in [-0.1, -0.05) is 0 Å². The van der Waals surface area contributed by atoms with Crippen LogP contribution in [0.2, 0.25) is 0 Å². The van der Waals surface area contributed by atoms with Crippen molar-refractivity contribution in [3.05, 3.63) is 23.7 Å². The number of aliphatic carboxylic acids is 1. The van der Waals surface area contributed by atoms with Gasteiger partial charge in [-0.2, -0.15) is 0 Å². The molecule has 0 radical (unpaired) electrons. The summed E-state index contributed by atoms with van der Waals surface area (Å²) >= 11 is 0. The van der Waals surface area contributed by atoms with Gasteiger partial charge >= 0.3 is 12.0 Å². The molecule has 6 heteroatoms. The number of furan rings is 1. The van der Waals surface area contributed by atoms with E-state index in [1.54, 1.807) is 16.8 Å². The van der Waals surface area contributed by atoms with Gasteiger partial charge in [-0.25, -0.2) is 4.79 Å². The Morgan fingerprint density at radius 2 is 2.21 bits per heavy atom. The van der Waals surface area contributed by atoms with Crippen LogP contribution >= 0.6 is 0 Å². The molecular weight excluding hydrogens is 248 g/mol. The highest BCUT2D eigenvalue weighted by Gasteiger charge is 2.53. The van der Waals surface area contributed by atoms with E-state index in [1.165, 1.54) is 0 Å². The smallest absolute Gasteiger partial charge is 0.320 e. The molecule has 2 heterocycles. The van der Waals surface area contributed by atoms with E-state index in [0.29, 0.717) is 13.0 Å². The van der Waals surface area contributed by atoms with Gasteiger partial charge in [0.2, 0.25) is 0 Å². The first kappa shape index (κ1) is 12.1. The fourth-order valence-electron chi connectivity index (χ4n) is 2.70. The van der Waals surface area contributed by atoms with Crippen molar-refractivity contribution in [2.45, 2.75) is 25.4 Å². The van der Waals surface area contributed by atoms with Crippen molar-refractivity contribution in [3.8, 4) is 0 Å². The van der Waals surface area contributed by atoms with Crippen molar-refractivity contribution in [1.82, 2.24) is 9.80 Å². The lowest BCUT2D eigenvalue weighted by molar-refractivity contribution is -0.138. The molecule has 1 aliphatic heterocycles. The summed E-state index contributed by atoms with van der Waals surface area (Å²) in [5.74, 6) is 0.333. The fraction of sp³-hybridized carbons (Fsp3) is 0.538. The number of rotatable bonds is 3. The van der Waals surface area contributed by atoms with Gasteiger partial charge < -0.3 is 19.3 Å². The summed E-state index contributed by atoms with van der Waals surface area (Å²) < 4.78 is 5.57. The molecule has 2 amide bonds. The maximum absolute atomic E-state index is 12.2. The third-order valence-corrected chi connectivity index (χ3v) is 3.95. The number of amides is 2. The summed E-state index contributed by atoms with van der Waals surface area (Å²) in [5, 5.41) is 8.95. The molecule has 0 aromatic carbocycles. The molecule has 1 saturated carbocycles. The van der Waals surface area contributed by atoms with Crippen LogP contribution in [-0.4, -0.2) is 46.5 Å². The molecule has 0 bridgehead atoms. The van der Waals surface area contributed by atoms with Crippen LogP contribution in [0.25, 0.3) is 0 Å². The molecule has 1 N–H and O–H groups in total. The first-order valence-corrected chi connectivity index (χ1v) is 6.31. The molecule has 1 aliphatic carbocycles. The third kappa shape index (κ3) is 1.87. The molecule has 6 nitrogen and oxygen atoms in total. The quantitative estimate of drug-likeness (QED) is 0.897. The molecule has 1 saturated heterocycles. The molecule has 2 fully saturated rings. The van der Waals surface area contributed by atoms with E-state index in [1.807, 2.05) is 19.1 Å². The standard InChI is InChI=1S/C13H16N2O4/c1-7-3-4-11(19-7)10-6-15(13(18)14(10)2)9-5-8(9)12(16)17/h3-4,8-10H,5-6H2,1-2H3,(H,16,17). The van der Waals surface area contributed by atoms with Crippen molar-refractivity contribution >= 4 is 12.0 Å². The summed E-state index contributed by atoms with van der Waals surface area (Å²) in [6.07, 6.45) is 0.554. The summed E-state index contributed by atoms with van der Waals surface area (Å²) in [4.78, 5) is 26.3. The third-order valence-electron chi connectivity index (χ3n) is 3.95. The molecule has 1 aromatic rings. The van der Waals surface area contributed by atoms with Gasteiger partial charge in [0.15, 0.2) is 0 Å². The minimum atomic E-state index is -0.822. The van der Waals surface area contributed by atoms with Crippen LogP contribution in [0, 0.1) is 12.8 Å². The lowest BCUT2D eigenvalue weighted by Crippen LogP contribution is -2.33. The second kappa shape index (κ2) is 4.01. The van der Waals surface area contributed by atoms with Crippen LogP contribution in [-0.2, 0) is 4.79 Å². The van der Waals surface area contributed by atoms with Crippen LogP contribution in [0.4, 0.5) is 4.79 Å². The van der Waals surface area contributed by atoms with Gasteiger partial charge in [0.1, 0.15) is 17.6 Å². The Morgan fingerprint density at radius 1 is 1.47 bits per heavy atom. The Kier molecular flexibility index (Phi) is 2.55. The zero-order valence-electron chi connectivity index (χ0n) is 10.9. The second-order valence-electron chi connectivity index (χ2n) is 5.26. The summed E-state index contributed by atoms with van der Waals surface area (Å²) in [5.41, 5.74) is 0. The lowest BCUT2D eigenvalue weighted by Gasteiger charge is -2.15. The molecule has 2 aliphatic rings. The van der Waals surface area contributed by atoms with Gasteiger partial charge in [-0.3, -0.25) is 4.79 Å². The van der Waals surface area contributed by atoms with E-state index in [2.05, 4.69) is 0 Å². The number of aryl methyl sites for hydroxylation is 1. The molecular formula is C13H16N2O4. The number of carboxylic acids is 1. The summed E-state index contributed by atoms with van der Waals surface area (Å²) in [7, 11) is 1.73. The van der Waals surface area contributed by atoms with Crippen molar-refractivity contribution in [3.63, 3.8) is 0 Å². The predicted octanol–water partition coefficient (Wildman–Crippen LogP) is 1.47. The van der Waals surface area contributed by atoms with Crippen molar-refractivity contribution in [2.24, 2.45) is 5.92 Å². The summed E-state index contributed by atoms with van der Waals surface area (Å²) in [6, 6.07) is 3.33. The van der Waals surface area contributed by atoms with Gasteiger partial charge in [-0.15, -0.1) is 0 Å². The van der Waals surface area contributed by atoms with E-state index in [0.717, 1.165) is 11.5 Å². The molecule has 0 spiro atoms. The molecule has 102 valence electrons. The average molecular weight is 264 g/mol. The maximum Gasteiger partial charge on any atom is 0.320 e. The van der Waals surface area contributed by atoms with Gasteiger partial charge in [-0.05, 0) is 25.5 Å². The number of likely N-dealkylation sites (N-methyl/N-ethyl adjacent to an activating group) is 1. The number of hydrogen-bond donors (Lipinski definition) is 1. The summed E-state index contributed by atoms with van der Waals surface area (Å²) in [6.45, 7) is 2.36. The molecule has 1 aromatic heterocycles. The molecule has 3 atom stereocenters. The minimum Gasteiger partial charge on any atom is -0.481 e. The largest absolute Gasteiger partial charge is 0.481 e. The lowest BCUT2D eigenvalue weighted by atomic mass is 10.2. The number of carbonyl (C=O) groups excluding carboxylic acids is 1. The Morgan fingerprint density at radius 3 is 2.74 bits per heavy atom. The Bertz CT molecular complexity index is 539. The van der Waals surface area contributed by atoms with Gasteiger partial charge in [0, 0.05) is 13.1 Å². The normalized spacial score (nSPS) is 30.0. The fourth-order valence-corrected chi connectivity index (χ4v) is 2.70. The molecule has 3 unspecified atom stereocenters. The van der Waals surface area contributed by atoms with E-state index >= 15 is 0 Å². The Balaban J connectivity index is 1.77. The highest BCUT2D eigenvalue weighted by molar-refractivity contribution is 5.81. The van der Waals surface area contributed by atoms with Crippen LogP contribution in [0.5, 0.6) is 0 Å². The number of hydrogen-bond acceptors (Lipinski definition) is 3. The van der Waals surface area contributed by atoms with Gasteiger partial charge in [0.05, 0.1) is 12.5 Å². The Labute approximate surface area is 110 Å². The van der Waals surface area contributed by atoms with E-state index in [4.69, 9.17) is 9.52 Å². The van der Waals surface area contributed by atoms with E-state index < -0.39 is 11.9 Å². The zero-order valence-corrected chi connectivity index (χ0v) is 10.9. The van der Waals surface area contributed by atoms with Crippen LogP contribution in [0.3, 0.4) is 0 Å². The molecule has 19 heavy (non-hydrogen) atoms. The first-order chi connectivity index (χ1) is 8.99.